The molecule has 0 heterocycles. The number of hydrogen-bond donors (Lipinski definition) is 3. The number of rotatable bonds is 7. The van der Waals surface area contributed by atoms with Gasteiger partial charge >= 0.3 is 0 Å². The summed E-state index contributed by atoms with van der Waals surface area (Å²) in [7, 11) is 0. The molecule has 1 aromatic carbocycles. The Labute approximate surface area is 115 Å². The fraction of sp³-hybridized carbons (Fsp3) is 0.533. The van der Waals surface area contributed by atoms with E-state index in [0.29, 0.717) is 30.5 Å². The van der Waals surface area contributed by atoms with Gasteiger partial charge < -0.3 is 16.4 Å². The summed E-state index contributed by atoms with van der Waals surface area (Å²) in [4.78, 5) is 11.7. The standard InChI is InChI=1S/C15H25N3O/c1-4-17-15(19)12-6-5-7-14(8-12)18-10-13(9-16)11(2)3/h5-8,11,13,18H,4,9-10,16H2,1-3H3,(H,17,19). The molecule has 19 heavy (non-hydrogen) atoms. The number of amides is 1. The van der Waals surface area contributed by atoms with Gasteiger partial charge in [0.25, 0.3) is 5.91 Å². The van der Waals surface area contributed by atoms with Crippen LogP contribution in [0.25, 0.3) is 0 Å². The lowest BCUT2D eigenvalue weighted by Gasteiger charge is -2.20. The highest BCUT2D eigenvalue weighted by atomic mass is 16.1. The molecule has 0 saturated carbocycles. The Morgan fingerprint density at radius 3 is 2.68 bits per heavy atom. The van der Waals surface area contributed by atoms with E-state index in [4.69, 9.17) is 5.73 Å². The molecule has 1 unspecified atom stereocenters. The maximum absolute atomic E-state index is 11.7. The van der Waals surface area contributed by atoms with Crippen molar-refractivity contribution in [1.82, 2.24) is 5.32 Å². The first-order chi connectivity index (χ1) is 9.08. The van der Waals surface area contributed by atoms with E-state index in [9.17, 15) is 4.79 Å². The number of nitrogens with two attached hydrogens (primary N) is 1. The van der Waals surface area contributed by atoms with Gasteiger partial charge in [0.05, 0.1) is 0 Å². The summed E-state index contributed by atoms with van der Waals surface area (Å²) in [5, 5.41) is 6.15. The average molecular weight is 263 g/mol. The molecule has 1 amide bonds. The highest BCUT2D eigenvalue weighted by molar-refractivity contribution is 5.95. The van der Waals surface area contributed by atoms with Crippen LogP contribution in [0.4, 0.5) is 5.69 Å². The molecule has 4 nitrogen and oxygen atoms in total. The summed E-state index contributed by atoms with van der Waals surface area (Å²) in [5.74, 6) is 0.947. The molecule has 0 aromatic heterocycles. The van der Waals surface area contributed by atoms with Gasteiger partial charge in [-0.2, -0.15) is 0 Å². The first-order valence-electron chi connectivity index (χ1n) is 6.90. The van der Waals surface area contributed by atoms with E-state index in [1.54, 1.807) is 0 Å². The van der Waals surface area contributed by atoms with Crippen LogP contribution in [-0.4, -0.2) is 25.5 Å². The Hall–Kier alpha value is -1.55. The predicted molar refractivity (Wildman–Crippen MR) is 80.3 cm³/mol. The van der Waals surface area contributed by atoms with Crippen molar-refractivity contribution in [3.63, 3.8) is 0 Å². The molecule has 0 aliphatic heterocycles. The van der Waals surface area contributed by atoms with E-state index in [-0.39, 0.29) is 5.91 Å². The van der Waals surface area contributed by atoms with Gasteiger partial charge in [-0.3, -0.25) is 4.79 Å². The van der Waals surface area contributed by atoms with Gasteiger partial charge in [-0.05, 0) is 43.5 Å². The zero-order valence-corrected chi connectivity index (χ0v) is 12.1. The monoisotopic (exact) mass is 263 g/mol. The molecule has 0 spiro atoms. The molecule has 0 saturated heterocycles. The van der Waals surface area contributed by atoms with Gasteiger partial charge in [0.15, 0.2) is 0 Å². The van der Waals surface area contributed by atoms with Crippen molar-refractivity contribution >= 4 is 11.6 Å². The van der Waals surface area contributed by atoms with Crippen LogP contribution in [0.1, 0.15) is 31.1 Å². The third-order valence-electron chi connectivity index (χ3n) is 3.28. The number of benzene rings is 1. The van der Waals surface area contributed by atoms with Crippen LogP contribution in [0.5, 0.6) is 0 Å². The van der Waals surface area contributed by atoms with E-state index in [1.165, 1.54) is 0 Å². The van der Waals surface area contributed by atoms with Crippen molar-refractivity contribution in [2.45, 2.75) is 20.8 Å². The molecule has 4 N–H and O–H groups in total. The first kappa shape index (κ1) is 15.5. The van der Waals surface area contributed by atoms with Crippen LogP contribution < -0.4 is 16.4 Å². The van der Waals surface area contributed by atoms with E-state index in [1.807, 2.05) is 31.2 Å². The third-order valence-corrected chi connectivity index (χ3v) is 3.28. The molecule has 106 valence electrons. The fourth-order valence-electron chi connectivity index (χ4n) is 1.87. The second kappa shape index (κ2) is 7.79. The summed E-state index contributed by atoms with van der Waals surface area (Å²) < 4.78 is 0. The molecule has 1 atom stereocenters. The van der Waals surface area contributed by atoms with Crippen LogP contribution in [0, 0.1) is 11.8 Å². The minimum atomic E-state index is -0.0367. The van der Waals surface area contributed by atoms with Gasteiger partial charge in [0.2, 0.25) is 0 Å². The van der Waals surface area contributed by atoms with Gasteiger partial charge in [-0.15, -0.1) is 0 Å². The number of carbonyl (C=O) groups excluding carboxylic acids is 1. The third kappa shape index (κ3) is 4.91. The molecule has 0 bridgehead atoms. The quantitative estimate of drug-likeness (QED) is 0.705. The van der Waals surface area contributed by atoms with Crippen LogP contribution in [-0.2, 0) is 0 Å². The smallest absolute Gasteiger partial charge is 0.251 e. The lowest BCUT2D eigenvalue weighted by Crippen LogP contribution is -2.27. The molecule has 0 aliphatic rings. The van der Waals surface area contributed by atoms with E-state index in [2.05, 4.69) is 24.5 Å². The molecular weight excluding hydrogens is 238 g/mol. The minimum absolute atomic E-state index is 0.0367. The minimum Gasteiger partial charge on any atom is -0.385 e. The number of carbonyl (C=O) groups is 1. The Morgan fingerprint density at radius 2 is 2.11 bits per heavy atom. The largest absolute Gasteiger partial charge is 0.385 e. The second-order valence-electron chi connectivity index (χ2n) is 5.06. The molecule has 1 aromatic rings. The topological polar surface area (TPSA) is 67.2 Å². The summed E-state index contributed by atoms with van der Waals surface area (Å²) in [6, 6.07) is 7.55. The number of nitrogens with one attached hydrogen (secondary N) is 2. The average Bonchev–Trinajstić information content (AvgIpc) is 2.39. The maximum atomic E-state index is 11.7. The van der Waals surface area contributed by atoms with Crippen LogP contribution in [0.2, 0.25) is 0 Å². The summed E-state index contributed by atoms with van der Waals surface area (Å²) in [6.45, 7) is 8.38. The van der Waals surface area contributed by atoms with Crippen molar-refractivity contribution in [2.24, 2.45) is 17.6 Å². The van der Waals surface area contributed by atoms with Crippen LogP contribution in [0.3, 0.4) is 0 Å². The highest BCUT2D eigenvalue weighted by Gasteiger charge is 2.11. The molecule has 0 aliphatic carbocycles. The summed E-state index contributed by atoms with van der Waals surface area (Å²) in [6.07, 6.45) is 0. The van der Waals surface area contributed by atoms with E-state index >= 15 is 0 Å². The van der Waals surface area contributed by atoms with Crippen molar-refractivity contribution < 1.29 is 4.79 Å². The fourth-order valence-corrected chi connectivity index (χ4v) is 1.87. The Kier molecular flexibility index (Phi) is 6.36. The first-order valence-corrected chi connectivity index (χ1v) is 6.90. The molecule has 0 radical (unpaired) electrons. The zero-order valence-electron chi connectivity index (χ0n) is 12.1. The number of hydrogen-bond acceptors (Lipinski definition) is 3. The van der Waals surface area contributed by atoms with Crippen molar-refractivity contribution in [3.8, 4) is 0 Å². The Bertz CT molecular complexity index is 404. The van der Waals surface area contributed by atoms with Crippen molar-refractivity contribution in [1.29, 1.82) is 0 Å². The normalized spacial score (nSPS) is 12.3. The molecular formula is C15H25N3O. The Morgan fingerprint density at radius 1 is 1.37 bits per heavy atom. The summed E-state index contributed by atoms with van der Waals surface area (Å²) in [5.41, 5.74) is 7.39. The summed E-state index contributed by atoms with van der Waals surface area (Å²) >= 11 is 0. The predicted octanol–water partition coefficient (Wildman–Crippen LogP) is 2.08. The van der Waals surface area contributed by atoms with Gasteiger partial charge in [0.1, 0.15) is 0 Å². The van der Waals surface area contributed by atoms with Crippen molar-refractivity contribution in [2.75, 3.05) is 25.0 Å². The van der Waals surface area contributed by atoms with Gasteiger partial charge in [-0.25, -0.2) is 0 Å². The van der Waals surface area contributed by atoms with E-state index in [0.717, 1.165) is 12.2 Å². The lowest BCUT2D eigenvalue weighted by molar-refractivity contribution is 0.0956. The maximum Gasteiger partial charge on any atom is 0.251 e. The number of anilines is 1. The molecule has 4 heteroatoms. The van der Waals surface area contributed by atoms with Crippen molar-refractivity contribution in [3.05, 3.63) is 29.8 Å². The molecule has 0 fully saturated rings. The second-order valence-corrected chi connectivity index (χ2v) is 5.06. The SMILES string of the molecule is CCNC(=O)c1cccc(NCC(CN)C(C)C)c1. The van der Waals surface area contributed by atoms with Crippen LogP contribution >= 0.6 is 0 Å². The zero-order chi connectivity index (χ0) is 14.3. The lowest BCUT2D eigenvalue weighted by atomic mass is 9.96. The van der Waals surface area contributed by atoms with Gasteiger partial charge in [0, 0.05) is 24.3 Å². The highest BCUT2D eigenvalue weighted by Crippen LogP contribution is 2.14. The van der Waals surface area contributed by atoms with Crippen LogP contribution in [0.15, 0.2) is 24.3 Å². The Balaban J connectivity index is 2.64. The molecule has 1 rings (SSSR count). The van der Waals surface area contributed by atoms with E-state index < -0.39 is 0 Å². The van der Waals surface area contributed by atoms with Gasteiger partial charge in [-0.1, -0.05) is 19.9 Å².